The second-order valence-corrected chi connectivity index (χ2v) is 4.73. The van der Waals surface area contributed by atoms with Gasteiger partial charge in [-0.2, -0.15) is 5.10 Å². The monoisotopic (exact) mass is 248 g/mol. The molecule has 0 saturated carbocycles. The van der Waals surface area contributed by atoms with Crippen molar-refractivity contribution in [3.05, 3.63) is 72.1 Å². The fourth-order valence-corrected chi connectivity index (χ4v) is 2.54. The molecule has 0 amide bonds. The maximum absolute atomic E-state index is 4.35. The van der Waals surface area contributed by atoms with E-state index >= 15 is 0 Å². The highest BCUT2D eigenvalue weighted by atomic mass is 15.3. The molecule has 2 heteroatoms. The maximum Gasteiger partial charge on any atom is 0.0724 e. The van der Waals surface area contributed by atoms with E-state index in [4.69, 9.17) is 0 Å². The van der Waals surface area contributed by atoms with Gasteiger partial charge < -0.3 is 0 Å². The first-order valence-corrected chi connectivity index (χ1v) is 6.43. The summed E-state index contributed by atoms with van der Waals surface area (Å²) >= 11 is 0. The highest BCUT2D eigenvalue weighted by molar-refractivity contribution is 5.77. The van der Waals surface area contributed by atoms with Gasteiger partial charge in [0.05, 0.1) is 5.69 Å². The number of para-hydroxylation sites is 1. The summed E-state index contributed by atoms with van der Waals surface area (Å²) in [5.74, 6) is 0. The zero-order valence-electron chi connectivity index (χ0n) is 11.2. The van der Waals surface area contributed by atoms with Crippen LogP contribution < -0.4 is 0 Å². The van der Waals surface area contributed by atoms with Crippen molar-refractivity contribution in [2.45, 2.75) is 13.8 Å². The van der Waals surface area contributed by atoms with Crippen LogP contribution in [0.5, 0.6) is 0 Å². The Morgan fingerprint density at radius 1 is 0.842 bits per heavy atom. The number of benzene rings is 2. The molecule has 0 aliphatic carbocycles. The molecule has 0 atom stereocenters. The minimum atomic E-state index is 1.12. The zero-order chi connectivity index (χ0) is 13.2. The molecular weight excluding hydrogens is 232 g/mol. The molecule has 1 aromatic heterocycles. The lowest BCUT2D eigenvalue weighted by Gasteiger charge is -2.14. The van der Waals surface area contributed by atoms with E-state index in [0.717, 1.165) is 5.69 Å². The molecule has 1 heterocycles. The molecule has 2 aromatic carbocycles. The molecule has 3 aromatic rings. The molecule has 94 valence electrons. The van der Waals surface area contributed by atoms with Crippen molar-refractivity contribution in [1.29, 1.82) is 0 Å². The summed E-state index contributed by atoms with van der Waals surface area (Å²) in [5.41, 5.74) is 6.22. The standard InChI is InChI=1S/C17H16N2/c1-13-7-5-8-14(2)17(13)15-9-3-4-10-16(15)19-12-6-11-18-19/h3-12H,1-2H3. The number of rotatable bonds is 2. The molecule has 0 aliphatic heterocycles. The van der Waals surface area contributed by atoms with E-state index in [1.54, 1.807) is 0 Å². The second kappa shape index (κ2) is 4.73. The van der Waals surface area contributed by atoms with Gasteiger partial charge in [0.15, 0.2) is 0 Å². The summed E-state index contributed by atoms with van der Waals surface area (Å²) in [6.45, 7) is 4.31. The van der Waals surface area contributed by atoms with Crippen molar-refractivity contribution >= 4 is 0 Å². The SMILES string of the molecule is Cc1cccc(C)c1-c1ccccc1-n1cccn1. The van der Waals surface area contributed by atoms with Crippen molar-refractivity contribution in [3.8, 4) is 16.8 Å². The van der Waals surface area contributed by atoms with Gasteiger partial charge in [-0.3, -0.25) is 0 Å². The molecular formula is C17H16N2. The van der Waals surface area contributed by atoms with Crippen molar-refractivity contribution in [2.24, 2.45) is 0 Å². The molecule has 0 fully saturated rings. The van der Waals surface area contributed by atoms with Crippen LogP contribution in [0.1, 0.15) is 11.1 Å². The van der Waals surface area contributed by atoms with Crippen LogP contribution in [0.4, 0.5) is 0 Å². The van der Waals surface area contributed by atoms with Crippen LogP contribution >= 0.6 is 0 Å². The number of aryl methyl sites for hydroxylation is 2. The Morgan fingerprint density at radius 2 is 1.58 bits per heavy atom. The van der Waals surface area contributed by atoms with Gasteiger partial charge in [0.25, 0.3) is 0 Å². The summed E-state index contributed by atoms with van der Waals surface area (Å²) in [4.78, 5) is 0. The second-order valence-electron chi connectivity index (χ2n) is 4.73. The number of hydrogen-bond donors (Lipinski definition) is 0. The fourth-order valence-electron chi connectivity index (χ4n) is 2.54. The van der Waals surface area contributed by atoms with Crippen molar-refractivity contribution in [2.75, 3.05) is 0 Å². The highest BCUT2D eigenvalue weighted by Crippen LogP contribution is 2.31. The predicted octanol–water partition coefficient (Wildman–Crippen LogP) is 4.16. The van der Waals surface area contributed by atoms with Crippen molar-refractivity contribution in [3.63, 3.8) is 0 Å². The maximum atomic E-state index is 4.35. The molecule has 0 aliphatic rings. The first kappa shape index (κ1) is 11.7. The van der Waals surface area contributed by atoms with E-state index in [1.807, 2.05) is 29.2 Å². The Labute approximate surface area is 113 Å². The molecule has 0 spiro atoms. The van der Waals surface area contributed by atoms with Gasteiger partial charge in [0.1, 0.15) is 0 Å². The summed E-state index contributed by atoms with van der Waals surface area (Å²) in [7, 11) is 0. The van der Waals surface area contributed by atoms with Gasteiger partial charge in [-0.05, 0) is 42.7 Å². The van der Waals surface area contributed by atoms with Crippen LogP contribution in [0.2, 0.25) is 0 Å². The third-order valence-electron chi connectivity index (χ3n) is 3.41. The normalized spacial score (nSPS) is 10.6. The van der Waals surface area contributed by atoms with Gasteiger partial charge in [0.2, 0.25) is 0 Å². The Bertz CT molecular complexity index is 677. The first-order valence-electron chi connectivity index (χ1n) is 6.43. The lowest BCUT2D eigenvalue weighted by molar-refractivity contribution is 0.882. The topological polar surface area (TPSA) is 17.8 Å². The molecule has 0 unspecified atom stereocenters. The quantitative estimate of drug-likeness (QED) is 0.666. The van der Waals surface area contributed by atoms with Crippen LogP contribution in [0.3, 0.4) is 0 Å². The van der Waals surface area contributed by atoms with Crippen LogP contribution in [0.15, 0.2) is 60.9 Å². The van der Waals surface area contributed by atoms with Crippen LogP contribution in [-0.2, 0) is 0 Å². The lowest BCUT2D eigenvalue weighted by Crippen LogP contribution is -1.99. The third-order valence-corrected chi connectivity index (χ3v) is 3.41. The average molecular weight is 248 g/mol. The predicted molar refractivity (Wildman–Crippen MR) is 78.5 cm³/mol. The number of aromatic nitrogens is 2. The van der Waals surface area contributed by atoms with Gasteiger partial charge in [-0.25, -0.2) is 4.68 Å². The van der Waals surface area contributed by atoms with E-state index in [1.165, 1.54) is 22.3 Å². The fraction of sp³-hybridized carbons (Fsp3) is 0.118. The zero-order valence-corrected chi connectivity index (χ0v) is 11.2. The highest BCUT2D eigenvalue weighted by Gasteiger charge is 2.10. The van der Waals surface area contributed by atoms with Gasteiger partial charge >= 0.3 is 0 Å². The van der Waals surface area contributed by atoms with Gasteiger partial charge in [-0.15, -0.1) is 0 Å². The summed E-state index contributed by atoms with van der Waals surface area (Å²) in [6.07, 6.45) is 3.79. The van der Waals surface area contributed by atoms with Gasteiger partial charge in [-0.1, -0.05) is 36.4 Å². The number of hydrogen-bond acceptors (Lipinski definition) is 1. The van der Waals surface area contributed by atoms with Gasteiger partial charge in [0, 0.05) is 18.0 Å². The summed E-state index contributed by atoms with van der Waals surface area (Å²) in [5, 5.41) is 4.35. The summed E-state index contributed by atoms with van der Waals surface area (Å²) in [6, 6.07) is 16.7. The molecule has 19 heavy (non-hydrogen) atoms. The smallest absolute Gasteiger partial charge is 0.0724 e. The minimum absolute atomic E-state index is 1.12. The molecule has 0 radical (unpaired) electrons. The first-order chi connectivity index (χ1) is 9.27. The Morgan fingerprint density at radius 3 is 2.26 bits per heavy atom. The van der Waals surface area contributed by atoms with E-state index < -0.39 is 0 Å². The van der Waals surface area contributed by atoms with Crippen molar-refractivity contribution < 1.29 is 0 Å². The van der Waals surface area contributed by atoms with Crippen LogP contribution in [0, 0.1) is 13.8 Å². The number of nitrogens with zero attached hydrogens (tertiary/aromatic N) is 2. The van der Waals surface area contributed by atoms with Crippen molar-refractivity contribution in [1.82, 2.24) is 9.78 Å². The molecule has 0 N–H and O–H groups in total. The Hall–Kier alpha value is -2.35. The molecule has 0 bridgehead atoms. The van der Waals surface area contributed by atoms with E-state index in [9.17, 15) is 0 Å². The largest absolute Gasteiger partial charge is 0.240 e. The van der Waals surface area contributed by atoms with Crippen LogP contribution in [0.25, 0.3) is 16.8 Å². The molecule has 3 rings (SSSR count). The minimum Gasteiger partial charge on any atom is -0.240 e. The molecule has 2 nitrogen and oxygen atoms in total. The molecule has 0 saturated heterocycles. The summed E-state index contributed by atoms with van der Waals surface area (Å²) < 4.78 is 1.92. The third kappa shape index (κ3) is 2.06. The average Bonchev–Trinajstić information content (AvgIpc) is 2.93. The Balaban J connectivity index is 2.27. The Kier molecular flexibility index (Phi) is 2.92. The van der Waals surface area contributed by atoms with E-state index in [-0.39, 0.29) is 0 Å². The van der Waals surface area contributed by atoms with Crippen LogP contribution in [-0.4, -0.2) is 9.78 Å². The van der Waals surface area contributed by atoms with E-state index in [2.05, 4.69) is 55.3 Å². The lowest BCUT2D eigenvalue weighted by atomic mass is 9.94. The van der Waals surface area contributed by atoms with E-state index in [0.29, 0.717) is 0 Å².